The summed E-state index contributed by atoms with van der Waals surface area (Å²) in [7, 11) is 0. The fourth-order valence-corrected chi connectivity index (χ4v) is 3.46. The second-order valence-electron chi connectivity index (χ2n) is 4.40. The smallest absolute Gasteiger partial charge is 0.185 e. The van der Waals surface area contributed by atoms with E-state index in [1.54, 1.807) is 11.3 Å². The highest BCUT2D eigenvalue weighted by Gasteiger charge is 2.56. The number of aryl methyl sites for hydroxylation is 1. The highest BCUT2D eigenvalue weighted by molar-refractivity contribution is 7.09. The van der Waals surface area contributed by atoms with E-state index in [2.05, 4.69) is 4.98 Å². The van der Waals surface area contributed by atoms with Gasteiger partial charge in [0.1, 0.15) is 5.69 Å². The van der Waals surface area contributed by atoms with Crippen molar-refractivity contribution >= 4 is 17.1 Å². The maximum absolute atomic E-state index is 12.0. The SMILES string of the molecule is Cc1nc(C(=O)C2C3CCCC32)cs1. The Morgan fingerprint density at radius 1 is 1.50 bits per heavy atom. The fourth-order valence-electron chi connectivity index (χ4n) is 2.86. The second kappa shape index (κ2) is 2.89. The number of aromatic nitrogens is 1. The fraction of sp³-hybridized carbons (Fsp3) is 0.636. The predicted octanol–water partition coefficient (Wildman–Crippen LogP) is 2.68. The molecular weight excluding hydrogens is 194 g/mol. The van der Waals surface area contributed by atoms with Crippen LogP contribution in [-0.4, -0.2) is 10.8 Å². The number of thiazole rings is 1. The summed E-state index contributed by atoms with van der Waals surface area (Å²) in [6.45, 7) is 1.95. The van der Waals surface area contributed by atoms with Crippen molar-refractivity contribution in [3.8, 4) is 0 Å². The maximum Gasteiger partial charge on any atom is 0.185 e. The summed E-state index contributed by atoms with van der Waals surface area (Å²) in [5.41, 5.74) is 0.715. The first-order valence-corrected chi connectivity index (χ1v) is 6.11. The molecular formula is C11H13NOS. The molecule has 1 aromatic rings. The number of carbonyl (C=O) groups is 1. The molecule has 0 spiro atoms. The number of hydrogen-bond acceptors (Lipinski definition) is 3. The van der Waals surface area contributed by atoms with E-state index in [1.807, 2.05) is 12.3 Å². The van der Waals surface area contributed by atoms with Crippen LogP contribution in [0, 0.1) is 24.7 Å². The van der Waals surface area contributed by atoms with Crippen LogP contribution < -0.4 is 0 Å². The summed E-state index contributed by atoms with van der Waals surface area (Å²) < 4.78 is 0. The molecule has 3 rings (SSSR count). The first-order chi connectivity index (χ1) is 6.77. The number of carbonyl (C=O) groups excluding carboxylic acids is 1. The van der Waals surface area contributed by atoms with E-state index < -0.39 is 0 Å². The summed E-state index contributed by atoms with van der Waals surface area (Å²) in [5, 5.41) is 2.91. The maximum atomic E-state index is 12.0. The zero-order chi connectivity index (χ0) is 9.71. The van der Waals surface area contributed by atoms with Gasteiger partial charge >= 0.3 is 0 Å². The Morgan fingerprint density at radius 3 is 2.79 bits per heavy atom. The van der Waals surface area contributed by atoms with Gasteiger partial charge in [0.2, 0.25) is 0 Å². The Kier molecular flexibility index (Phi) is 1.78. The lowest BCUT2D eigenvalue weighted by molar-refractivity contribution is 0.0947. The van der Waals surface area contributed by atoms with Crippen LogP contribution in [0.3, 0.4) is 0 Å². The van der Waals surface area contributed by atoms with E-state index in [0.29, 0.717) is 29.2 Å². The summed E-state index contributed by atoms with van der Waals surface area (Å²) in [4.78, 5) is 16.2. The molecule has 1 aromatic heterocycles. The third-order valence-corrected chi connectivity index (χ3v) is 4.35. The third-order valence-electron chi connectivity index (χ3n) is 3.58. The van der Waals surface area contributed by atoms with E-state index in [1.165, 1.54) is 19.3 Å². The Morgan fingerprint density at radius 2 is 2.21 bits per heavy atom. The molecule has 0 radical (unpaired) electrons. The lowest BCUT2D eigenvalue weighted by Gasteiger charge is -1.98. The molecule has 2 saturated carbocycles. The van der Waals surface area contributed by atoms with Gasteiger partial charge in [-0.2, -0.15) is 0 Å². The zero-order valence-corrected chi connectivity index (χ0v) is 9.01. The first-order valence-electron chi connectivity index (χ1n) is 5.24. The predicted molar refractivity (Wildman–Crippen MR) is 55.5 cm³/mol. The molecule has 14 heavy (non-hydrogen) atoms. The summed E-state index contributed by atoms with van der Waals surface area (Å²) in [5.74, 6) is 2.07. The Labute approximate surface area is 87.4 Å². The molecule has 0 N–H and O–H groups in total. The van der Waals surface area contributed by atoms with Crippen molar-refractivity contribution in [3.63, 3.8) is 0 Å². The molecule has 2 aliphatic carbocycles. The van der Waals surface area contributed by atoms with Crippen molar-refractivity contribution in [3.05, 3.63) is 16.1 Å². The van der Waals surface area contributed by atoms with Gasteiger partial charge in [0.05, 0.1) is 5.01 Å². The van der Waals surface area contributed by atoms with E-state index in [4.69, 9.17) is 0 Å². The van der Waals surface area contributed by atoms with Gasteiger partial charge in [-0.3, -0.25) is 4.79 Å². The number of Topliss-reactive ketones (excluding diaryl/α,β-unsaturated/α-hetero) is 1. The van der Waals surface area contributed by atoms with Crippen LogP contribution in [0.2, 0.25) is 0 Å². The quantitative estimate of drug-likeness (QED) is 0.698. The van der Waals surface area contributed by atoms with Crippen LogP contribution in [0.4, 0.5) is 0 Å². The van der Waals surface area contributed by atoms with Crippen LogP contribution in [0.15, 0.2) is 5.38 Å². The average Bonchev–Trinajstić information content (AvgIpc) is 2.56. The molecule has 0 amide bonds. The summed E-state index contributed by atoms with van der Waals surface area (Å²) in [6, 6.07) is 0. The van der Waals surface area contributed by atoms with E-state index in [0.717, 1.165) is 5.01 Å². The molecule has 74 valence electrons. The molecule has 1 heterocycles. The normalized spacial score (nSPS) is 34.2. The largest absolute Gasteiger partial charge is 0.292 e. The third kappa shape index (κ3) is 1.15. The molecule has 0 saturated heterocycles. The number of hydrogen-bond donors (Lipinski definition) is 0. The van der Waals surface area contributed by atoms with Crippen molar-refractivity contribution < 1.29 is 4.79 Å². The van der Waals surface area contributed by atoms with Crippen LogP contribution >= 0.6 is 11.3 Å². The van der Waals surface area contributed by atoms with Crippen molar-refractivity contribution in [1.82, 2.24) is 4.98 Å². The topological polar surface area (TPSA) is 30.0 Å². The van der Waals surface area contributed by atoms with Gasteiger partial charge < -0.3 is 0 Å². The van der Waals surface area contributed by atoms with Crippen LogP contribution in [0.5, 0.6) is 0 Å². The van der Waals surface area contributed by atoms with Crippen LogP contribution in [0.25, 0.3) is 0 Å². The lowest BCUT2D eigenvalue weighted by Crippen LogP contribution is -2.06. The van der Waals surface area contributed by atoms with Gasteiger partial charge in [0, 0.05) is 11.3 Å². The minimum Gasteiger partial charge on any atom is -0.292 e. The molecule has 0 aliphatic heterocycles. The summed E-state index contributed by atoms with van der Waals surface area (Å²) in [6.07, 6.45) is 3.86. The zero-order valence-electron chi connectivity index (χ0n) is 8.19. The highest BCUT2D eigenvalue weighted by atomic mass is 32.1. The number of ketones is 1. The standard InChI is InChI=1S/C11H13NOS/c1-6-12-9(5-14-6)11(13)10-7-3-2-4-8(7)10/h5,7-8,10H,2-4H2,1H3. The van der Waals surface area contributed by atoms with E-state index in [-0.39, 0.29) is 0 Å². The molecule has 0 aromatic carbocycles. The first kappa shape index (κ1) is 8.60. The average molecular weight is 207 g/mol. The highest BCUT2D eigenvalue weighted by Crippen LogP contribution is 2.58. The molecule has 2 fully saturated rings. The molecule has 2 aliphatic rings. The van der Waals surface area contributed by atoms with Crippen molar-refractivity contribution in [2.75, 3.05) is 0 Å². The number of fused-ring (bicyclic) bond motifs is 1. The second-order valence-corrected chi connectivity index (χ2v) is 5.46. The molecule has 3 heteroatoms. The van der Waals surface area contributed by atoms with Gasteiger partial charge in [-0.15, -0.1) is 11.3 Å². The van der Waals surface area contributed by atoms with Gasteiger partial charge in [-0.25, -0.2) is 4.98 Å². The molecule has 2 nitrogen and oxygen atoms in total. The van der Waals surface area contributed by atoms with Crippen LogP contribution in [-0.2, 0) is 0 Å². The monoisotopic (exact) mass is 207 g/mol. The van der Waals surface area contributed by atoms with Gasteiger partial charge in [-0.1, -0.05) is 6.42 Å². The van der Waals surface area contributed by atoms with Crippen molar-refractivity contribution in [1.29, 1.82) is 0 Å². The lowest BCUT2D eigenvalue weighted by atomic mass is 10.1. The van der Waals surface area contributed by atoms with E-state index in [9.17, 15) is 4.79 Å². The van der Waals surface area contributed by atoms with Gasteiger partial charge in [0.15, 0.2) is 5.78 Å². The molecule has 2 unspecified atom stereocenters. The van der Waals surface area contributed by atoms with Crippen molar-refractivity contribution in [2.24, 2.45) is 17.8 Å². The Balaban J connectivity index is 1.78. The van der Waals surface area contributed by atoms with Crippen LogP contribution in [0.1, 0.15) is 34.8 Å². The van der Waals surface area contributed by atoms with Gasteiger partial charge in [-0.05, 0) is 31.6 Å². The van der Waals surface area contributed by atoms with Crippen molar-refractivity contribution in [2.45, 2.75) is 26.2 Å². The van der Waals surface area contributed by atoms with Gasteiger partial charge in [0.25, 0.3) is 0 Å². The minimum atomic E-state index is 0.309. The Hall–Kier alpha value is -0.700. The Bertz CT molecular complexity index is 374. The molecule has 2 atom stereocenters. The molecule has 0 bridgehead atoms. The summed E-state index contributed by atoms with van der Waals surface area (Å²) >= 11 is 1.57. The minimum absolute atomic E-state index is 0.309. The number of nitrogens with zero attached hydrogens (tertiary/aromatic N) is 1. The number of rotatable bonds is 2. The van der Waals surface area contributed by atoms with E-state index >= 15 is 0 Å².